The first kappa shape index (κ1) is 16.3. The third kappa shape index (κ3) is 4.39. The second-order valence-electron chi connectivity index (χ2n) is 3.63. The van der Waals surface area contributed by atoms with Gasteiger partial charge in [0.1, 0.15) is 0 Å². The van der Waals surface area contributed by atoms with Gasteiger partial charge < -0.3 is 15.7 Å². The van der Waals surface area contributed by atoms with Crippen molar-refractivity contribution in [3.05, 3.63) is 28.8 Å². The first-order valence-electron chi connectivity index (χ1n) is 5.32. The van der Waals surface area contributed by atoms with Crippen LogP contribution in [0.25, 0.3) is 0 Å². The van der Waals surface area contributed by atoms with Crippen LogP contribution in [-0.4, -0.2) is 30.1 Å². The van der Waals surface area contributed by atoms with Crippen molar-refractivity contribution in [1.29, 1.82) is 0 Å². The molecule has 0 heterocycles. The Kier molecular flexibility index (Phi) is 5.34. The predicted molar refractivity (Wildman–Crippen MR) is 65.2 cm³/mol. The number of aliphatic hydroxyl groups is 1. The predicted octanol–water partition coefficient (Wildman–Crippen LogP) is 1.41. The van der Waals surface area contributed by atoms with Crippen LogP contribution in [0.4, 0.5) is 18.9 Å². The lowest BCUT2D eigenvalue weighted by Crippen LogP contribution is -2.36. The van der Waals surface area contributed by atoms with Crippen molar-refractivity contribution in [2.45, 2.75) is 6.18 Å². The molecule has 0 atom stereocenters. The minimum Gasteiger partial charge on any atom is -0.395 e. The minimum atomic E-state index is -4.67. The molecule has 5 nitrogen and oxygen atoms in total. The Morgan fingerprint density at radius 1 is 1.25 bits per heavy atom. The lowest BCUT2D eigenvalue weighted by Gasteiger charge is -2.11. The van der Waals surface area contributed by atoms with Gasteiger partial charge in [-0.2, -0.15) is 13.2 Å². The van der Waals surface area contributed by atoms with Crippen molar-refractivity contribution in [1.82, 2.24) is 5.32 Å². The molecule has 0 fully saturated rings. The molecule has 1 aromatic carbocycles. The number of carbonyl (C=O) groups is 2. The fourth-order valence-corrected chi connectivity index (χ4v) is 1.48. The SMILES string of the molecule is O=C(NCCO)C(=O)Nc1ccc(Cl)c(C(F)(F)F)c1. The topological polar surface area (TPSA) is 78.4 Å². The van der Waals surface area contributed by atoms with Crippen LogP contribution in [0.15, 0.2) is 18.2 Å². The Hall–Kier alpha value is -1.80. The fraction of sp³-hybridized carbons (Fsp3) is 0.273. The summed E-state index contributed by atoms with van der Waals surface area (Å²) >= 11 is 5.41. The van der Waals surface area contributed by atoms with E-state index in [9.17, 15) is 22.8 Å². The molecule has 1 rings (SSSR count). The second-order valence-corrected chi connectivity index (χ2v) is 4.03. The van der Waals surface area contributed by atoms with Gasteiger partial charge in [-0.1, -0.05) is 11.6 Å². The Morgan fingerprint density at radius 2 is 1.90 bits per heavy atom. The van der Waals surface area contributed by atoms with Crippen LogP contribution in [0, 0.1) is 0 Å². The van der Waals surface area contributed by atoms with Crippen molar-refractivity contribution in [3.8, 4) is 0 Å². The summed E-state index contributed by atoms with van der Waals surface area (Å²) in [5.74, 6) is -2.21. The molecule has 0 aliphatic heterocycles. The molecular weight excluding hydrogens is 301 g/mol. The van der Waals surface area contributed by atoms with Gasteiger partial charge in [0.2, 0.25) is 0 Å². The van der Waals surface area contributed by atoms with E-state index in [0.29, 0.717) is 6.07 Å². The Bertz CT molecular complexity index is 520. The van der Waals surface area contributed by atoms with Crippen molar-refractivity contribution < 1.29 is 27.9 Å². The van der Waals surface area contributed by atoms with E-state index in [0.717, 1.165) is 12.1 Å². The third-order valence-corrected chi connectivity index (χ3v) is 2.46. The molecule has 9 heteroatoms. The number of amides is 2. The van der Waals surface area contributed by atoms with Gasteiger partial charge in [-0.25, -0.2) is 0 Å². The zero-order valence-electron chi connectivity index (χ0n) is 9.92. The second kappa shape index (κ2) is 6.58. The molecular formula is C11H10ClF3N2O3. The van der Waals surface area contributed by atoms with E-state index in [-0.39, 0.29) is 18.8 Å². The van der Waals surface area contributed by atoms with Gasteiger partial charge in [0.05, 0.1) is 17.2 Å². The molecule has 3 N–H and O–H groups in total. The van der Waals surface area contributed by atoms with E-state index in [1.807, 2.05) is 5.32 Å². The van der Waals surface area contributed by atoms with E-state index >= 15 is 0 Å². The summed E-state index contributed by atoms with van der Waals surface area (Å²) in [7, 11) is 0. The smallest absolute Gasteiger partial charge is 0.395 e. The van der Waals surface area contributed by atoms with Gasteiger partial charge in [-0.05, 0) is 18.2 Å². The van der Waals surface area contributed by atoms with Crippen molar-refractivity contribution in [2.24, 2.45) is 0 Å². The molecule has 2 amide bonds. The number of rotatable bonds is 3. The number of halogens is 4. The highest BCUT2D eigenvalue weighted by atomic mass is 35.5. The maximum absolute atomic E-state index is 12.6. The molecule has 0 bridgehead atoms. The van der Waals surface area contributed by atoms with Crippen LogP contribution in [0.2, 0.25) is 5.02 Å². The third-order valence-electron chi connectivity index (χ3n) is 2.13. The lowest BCUT2D eigenvalue weighted by molar-refractivity contribution is -0.137. The number of carbonyl (C=O) groups excluding carboxylic acids is 2. The number of nitrogens with one attached hydrogen (secondary N) is 2. The highest BCUT2D eigenvalue weighted by molar-refractivity contribution is 6.39. The van der Waals surface area contributed by atoms with Gasteiger partial charge in [-0.3, -0.25) is 9.59 Å². The summed E-state index contributed by atoms with van der Waals surface area (Å²) < 4.78 is 37.8. The van der Waals surface area contributed by atoms with Crippen LogP contribution < -0.4 is 10.6 Å². The average Bonchev–Trinajstić information content (AvgIpc) is 2.36. The minimum absolute atomic E-state index is 0.138. The molecule has 0 saturated carbocycles. The van der Waals surface area contributed by atoms with Gasteiger partial charge in [-0.15, -0.1) is 0 Å². The van der Waals surface area contributed by atoms with Crippen LogP contribution in [0.3, 0.4) is 0 Å². The number of alkyl halides is 3. The maximum atomic E-state index is 12.6. The van der Waals surface area contributed by atoms with Crippen molar-refractivity contribution >= 4 is 29.1 Å². The Balaban J connectivity index is 2.84. The maximum Gasteiger partial charge on any atom is 0.417 e. The van der Waals surface area contributed by atoms with E-state index in [2.05, 4.69) is 5.32 Å². The average molecular weight is 311 g/mol. The zero-order valence-corrected chi connectivity index (χ0v) is 10.7. The number of hydrogen-bond acceptors (Lipinski definition) is 3. The summed E-state index contributed by atoms with van der Waals surface area (Å²) in [4.78, 5) is 22.5. The highest BCUT2D eigenvalue weighted by Gasteiger charge is 2.33. The molecule has 0 saturated heterocycles. The number of benzene rings is 1. The summed E-state index contributed by atoms with van der Waals surface area (Å²) in [6, 6.07) is 2.72. The van der Waals surface area contributed by atoms with Gasteiger partial charge in [0, 0.05) is 12.2 Å². The quantitative estimate of drug-likeness (QED) is 0.739. The summed E-state index contributed by atoms with van der Waals surface area (Å²) in [6.45, 7) is -0.501. The number of hydrogen-bond donors (Lipinski definition) is 3. The molecule has 0 aliphatic rings. The fourth-order valence-electron chi connectivity index (χ4n) is 1.26. The first-order chi connectivity index (χ1) is 9.25. The summed E-state index contributed by atoms with van der Waals surface area (Å²) in [5, 5.41) is 12.0. The summed E-state index contributed by atoms with van der Waals surface area (Å²) in [6.07, 6.45) is -4.67. The lowest BCUT2D eigenvalue weighted by atomic mass is 10.2. The van der Waals surface area contributed by atoms with E-state index in [1.54, 1.807) is 0 Å². The van der Waals surface area contributed by atoms with Crippen molar-refractivity contribution in [2.75, 3.05) is 18.5 Å². The van der Waals surface area contributed by atoms with E-state index in [4.69, 9.17) is 16.7 Å². The van der Waals surface area contributed by atoms with E-state index in [1.165, 1.54) is 0 Å². The Labute approximate surface area is 116 Å². The molecule has 110 valence electrons. The summed E-state index contributed by atoms with van der Waals surface area (Å²) in [5.41, 5.74) is -1.33. The number of aliphatic hydroxyl groups excluding tert-OH is 1. The molecule has 0 unspecified atom stereocenters. The van der Waals surface area contributed by atoms with Gasteiger partial charge in [0.25, 0.3) is 0 Å². The first-order valence-corrected chi connectivity index (χ1v) is 5.70. The zero-order chi connectivity index (χ0) is 15.3. The molecule has 0 radical (unpaired) electrons. The molecule has 0 aliphatic carbocycles. The Morgan fingerprint density at radius 3 is 2.45 bits per heavy atom. The van der Waals surface area contributed by atoms with Crippen LogP contribution in [-0.2, 0) is 15.8 Å². The molecule has 0 spiro atoms. The molecule has 20 heavy (non-hydrogen) atoms. The number of anilines is 1. The van der Waals surface area contributed by atoms with Crippen LogP contribution in [0.5, 0.6) is 0 Å². The standard InChI is InChI=1S/C11H10ClF3N2O3/c12-8-2-1-6(5-7(8)11(13,14)15)17-10(20)9(19)16-3-4-18/h1-2,5,18H,3-4H2,(H,16,19)(H,17,20). The van der Waals surface area contributed by atoms with Gasteiger partial charge >= 0.3 is 18.0 Å². The van der Waals surface area contributed by atoms with Crippen molar-refractivity contribution in [3.63, 3.8) is 0 Å². The van der Waals surface area contributed by atoms with Crippen LogP contribution in [0.1, 0.15) is 5.56 Å². The largest absolute Gasteiger partial charge is 0.417 e. The highest BCUT2D eigenvalue weighted by Crippen LogP contribution is 2.36. The molecule has 0 aromatic heterocycles. The normalized spacial score (nSPS) is 11.1. The molecule has 1 aromatic rings. The van der Waals surface area contributed by atoms with E-state index < -0.39 is 28.6 Å². The monoisotopic (exact) mass is 310 g/mol. The van der Waals surface area contributed by atoms with Crippen LogP contribution >= 0.6 is 11.6 Å². The van der Waals surface area contributed by atoms with Gasteiger partial charge in [0.15, 0.2) is 0 Å².